The number of nitrogens with zero attached hydrogens (tertiary/aromatic N) is 3. The first-order valence-corrected chi connectivity index (χ1v) is 10.3. The molecular weight excluding hydrogens is 489 g/mol. The Balaban J connectivity index is 0.000000632. The summed E-state index contributed by atoms with van der Waals surface area (Å²) in [4.78, 5) is 44.3. The molecule has 1 aromatic rings. The average molecular weight is 518 g/mol. The predicted octanol–water partition coefficient (Wildman–Crippen LogP) is 0.155. The van der Waals surface area contributed by atoms with Gasteiger partial charge in [-0.05, 0) is 18.8 Å². The Bertz CT molecular complexity index is 951. The SMILES string of the molecule is CCCC=CC=CC1CC(O)C(O)C(=O)C1C=O.Cl.NC(N)=NC(=O)c1nc(Cl)c(N)nc1N. The molecule has 4 unspecified atom stereocenters. The highest BCUT2D eigenvalue weighted by Gasteiger charge is 2.41. The molecule has 0 aliphatic heterocycles. The third-order valence-electron chi connectivity index (χ3n) is 4.50. The summed E-state index contributed by atoms with van der Waals surface area (Å²) in [6, 6.07) is 0. The second kappa shape index (κ2) is 15.0. The first-order valence-electron chi connectivity index (χ1n) is 9.94. The molecule has 0 aromatic carbocycles. The van der Waals surface area contributed by atoms with Gasteiger partial charge in [0.15, 0.2) is 34.2 Å². The molecule has 4 atom stereocenters. The minimum atomic E-state index is -1.43. The quantitative estimate of drug-likeness (QED) is 0.0975. The lowest BCUT2D eigenvalue weighted by Crippen LogP contribution is -2.47. The number of carbonyl (C=O) groups excluding carboxylic acids is 3. The second-order valence-corrected chi connectivity index (χ2v) is 7.41. The highest BCUT2D eigenvalue weighted by Crippen LogP contribution is 2.28. The fraction of sp³-hybridized carbons (Fsp3) is 0.400. The van der Waals surface area contributed by atoms with E-state index in [1.165, 1.54) is 0 Å². The van der Waals surface area contributed by atoms with Crippen LogP contribution >= 0.6 is 24.0 Å². The number of amides is 1. The van der Waals surface area contributed by atoms with Gasteiger partial charge in [-0.2, -0.15) is 4.99 Å². The van der Waals surface area contributed by atoms with E-state index >= 15 is 0 Å². The Morgan fingerprint density at radius 2 is 1.85 bits per heavy atom. The molecule has 0 bridgehead atoms. The van der Waals surface area contributed by atoms with Gasteiger partial charge in [0.2, 0.25) is 0 Å². The van der Waals surface area contributed by atoms with Crippen molar-refractivity contribution in [2.24, 2.45) is 28.3 Å². The monoisotopic (exact) mass is 517 g/mol. The van der Waals surface area contributed by atoms with Crippen LogP contribution in [0.3, 0.4) is 0 Å². The molecular formula is C20H29Cl2N7O5. The number of carbonyl (C=O) groups is 3. The van der Waals surface area contributed by atoms with E-state index in [9.17, 15) is 24.6 Å². The summed E-state index contributed by atoms with van der Waals surface area (Å²) in [5.74, 6) is -3.27. The van der Waals surface area contributed by atoms with Gasteiger partial charge in [-0.15, -0.1) is 12.4 Å². The van der Waals surface area contributed by atoms with Gasteiger partial charge in [-0.25, -0.2) is 9.97 Å². The van der Waals surface area contributed by atoms with Crippen molar-refractivity contribution in [1.29, 1.82) is 0 Å². The van der Waals surface area contributed by atoms with Crippen LogP contribution in [0.4, 0.5) is 11.6 Å². The van der Waals surface area contributed by atoms with Gasteiger partial charge in [0.1, 0.15) is 12.4 Å². The first kappa shape index (κ1) is 30.9. The lowest BCUT2D eigenvalue weighted by atomic mass is 9.76. The number of aldehydes is 1. The molecule has 0 radical (unpaired) electrons. The van der Waals surface area contributed by atoms with Gasteiger partial charge in [0.25, 0.3) is 0 Å². The summed E-state index contributed by atoms with van der Waals surface area (Å²) in [5, 5.41) is 18.8. The molecule has 2 rings (SSSR count). The zero-order valence-electron chi connectivity index (χ0n) is 18.4. The lowest BCUT2D eigenvalue weighted by molar-refractivity contribution is -0.146. The first-order chi connectivity index (χ1) is 15.5. The van der Waals surface area contributed by atoms with Gasteiger partial charge in [-0.1, -0.05) is 49.2 Å². The Kier molecular flexibility index (Phi) is 13.6. The van der Waals surface area contributed by atoms with Crippen molar-refractivity contribution in [2.75, 3.05) is 11.5 Å². The van der Waals surface area contributed by atoms with Crippen LogP contribution in [0.25, 0.3) is 0 Å². The van der Waals surface area contributed by atoms with Gasteiger partial charge in [0, 0.05) is 0 Å². The summed E-state index contributed by atoms with van der Waals surface area (Å²) >= 11 is 5.55. The van der Waals surface area contributed by atoms with E-state index in [0.717, 1.165) is 12.8 Å². The van der Waals surface area contributed by atoms with E-state index in [4.69, 9.17) is 34.5 Å². The zero-order valence-corrected chi connectivity index (χ0v) is 19.9. The number of ketones is 1. The van der Waals surface area contributed by atoms with Crippen LogP contribution in [0.15, 0.2) is 29.3 Å². The number of halogens is 2. The number of guanidine groups is 1. The van der Waals surface area contributed by atoms with Crippen LogP contribution in [0, 0.1) is 11.8 Å². The van der Waals surface area contributed by atoms with Crippen molar-refractivity contribution in [3.8, 4) is 0 Å². The number of aliphatic hydroxyl groups is 2. The number of allylic oxidation sites excluding steroid dienone is 4. The molecule has 14 heteroatoms. The third-order valence-corrected chi connectivity index (χ3v) is 4.78. The Morgan fingerprint density at radius 1 is 1.21 bits per heavy atom. The van der Waals surface area contributed by atoms with E-state index < -0.39 is 35.8 Å². The van der Waals surface area contributed by atoms with Crippen LogP contribution in [0.1, 0.15) is 36.7 Å². The van der Waals surface area contributed by atoms with E-state index in [-0.39, 0.29) is 47.2 Å². The highest BCUT2D eigenvalue weighted by atomic mass is 35.5. The number of anilines is 2. The molecule has 1 amide bonds. The number of hydrogen-bond acceptors (Lipinski definition) is 9. The second-order valence-electron chi connectivity index (χ2n) is 7.05. The minimum Gasteiger partial charge on any atom is -0.390 e. The Labute approximate surface area is 207 Å². The molecule has 0 saturated heterocycles. The van der Waals surface area contributed by atoms with Crippen molar-refractivity contribution in [3.05, 3.63) is 35.2 Å². The number of nitrogen functional groups attached to an aromatic ring is 2. The van der Waals surface area contributed by atoms with Crippen LogP contribution < -0.4 is 22.9 Å². The number of aromatic nitrogens is 2. The molecule has 1 aliphatic rings. The van der Waals surface area contributed by atoms with E-state index in [1.807, 2.05) is 12.2 Å². The maximum atomic E-state index is 11.6. The van der Waals surface area contributed by atoms with E-state index in [0.29, 0.717) is 6.29 Å². The van der Waals surface area contributed by atoms with Crippen molar-refractivity contribution < 1.29 is 24.6 Å². The van der Waals surface area contributed by atoms with Crippen LogP contribution in [-0.4, -0.2) is 56.3 Å². The van der Waals surface area contributed by atoms with Crippen LogP contribution in [0.5, 0.6) is 0 Å². The van der Waals surface area contributed by atoms with E-state index in [1.54, 1.807) is 12.2 Å². The topological polar surface area (TPSA) is 234 Å². The van der Waals surface area contributed by atoms with Gasteiger partial charge in [-0.3, -0.25) is 9.59 Å². The highest BCUT2D eigenvalue weighted by molar-refractivity contribution is 6.31. The van der Waals surface area contributed by atoms with E-state index in [2.05, 4.69) is 21.9 Å². The van der Waals surface area contributed by atoms with Crippen LogP contribution in [-0.2, 0) is 9.59 Å². The fourth-order valence-electron chi connectivity index (χ4n) is 2.84. The summed E-state index contributed by atoms with van der Waals surface area (Å²) in [6.45, 7) is 2.08. The normalized spacial score (nSPS) is 21.9. The average Bonchev–Trinajstić information content (AvgIpc) is 2.74. The number of rotatable bonds is 6. The largest absolute Gasteiger partial charge is 0.390 e. The molecule has 188 valence electrons. The number of aliphatic hydroxyl groups excluding tert-OH is 2. The van der Waals surface area contributed by atoms with Crippen molar-refractivity contribution >= 4 is 59.6 Å². The summed E-state index contributed by atoms with van der Waals surface area (Å²) < 4.78 is 0. The number of nitrogens with two attached hydrogens (primary N) is 4. The number of Topliss-reactive ketones (excluding diaryl/α,β-unsaturated/α-hetero) is 1. The van der Waals surface area contributed by atoms with Crippen molar-refractivity contribution in [1.82, 2.24) is 9.97 Å². The summed E-state index contributed by atoms with van der Waals surface area (Å²) in [5.41, 5.74) is 20.5. The molecule has 10 N–H and O–H groups in total. The molecule has 1 heterocycles. The van der Waals surface area contributed by atoms with Gasteiger partial charge >= 0.3 is 5.91 Å². The maximum absolute atomic E-state index is 11.6. The molecule has 0 spiro atoms. The molecule has 1 aliphatic carbocycles. The van der Waals surface area contributed by atoms with Crippen LogP contribution in [0.2, 0.25) is 5.15 Å². The Morgan fingerprint density at radius 3 is 2.41 bits per heavy atom. The number of unbranched alkanes of at least 4 members (excludes halogenated alkanes) is 1. The molecule has 1 aromatic heterocycles. The van der Waals surface area contributed by atoms with Crippen molar-refractivity contribution in [3.63, 3.8) is 0 Å². The van der Waals surface area contributed by atoms with Crippen molar-refractivity contribution in [2.45, 2.75) is 38.4 Å². The van der Waals surface area contributed by atoms with Gasteiger partial charge in [0.05, 0.1) is 12.0 Å². The molecule has 34 heavy (non-hydrogen) atoms. The van der Waals surface area contributed by atoms with Gasteiger partial charge < -0.3 is 37.9 Å². The maximum Gasteiger partial charge on any atom is 0.302 e. The minimum absolute atomic E-state index is 0. The Hall–Kier alpha value is -3.06. The zero-order chi connectivity index (χ0) is 25.1. The summed E-state index contributed by atoms with van der Waals surface area (Å²) in [6.07, 6.45) is 7.72. The number of aliphatic imine (C=N–C) groups is 1. The molecule has 12 nitrogen and oxygen atoms in total. The standard InChI is InChI=1S/C14H20O4.C6H8ClN7O.ClH/c1-2-3-4-5-6-7-10-8-12(16)14(18)13(17)11(10)9-15;7-2-4(9)13-3(8)1(12-2)5(15)14-6(10)11;/h4-7,9-12,14,16,18H,2-3,8H2,1H3;(H4,8,9,13)(H4,10,11,14,15);1H. The molecule has 1 fully saturated rings. The smallest absolute Gasteiger partial charge is 0.302 e. The fourth-order valence-corrected chi connectivity index (χ4v) is 2.96. The predicted molar refractivity (Wildman–Crippen MR) is 131 cm³/mol. The molecule has 1 saturated carbocycles. The number of hydrogen-bond donors (Lipinski definition) is 6. The third kappa shape index (κ3) is 9.06. The lowest BCUT2D eigenvalue weighted by Gasteiger charge is -2.31. The summed E-state index contributed by atoms with van der Waals surface area (Å²) in [7, 11) is 0.